The van der Waals surface area contributed by atoms with Crippen LogP contribution < -0.4 is 0 Å². The highest BCUT2D eigenvalue weighted by molar-refractivity contribution is 7.07. The highest BCUT2D eigenvalue weighted by Gasteiger charge is 1.73. The minimum absolute atomic E-state index is 1.03. The minimum atomic E-state index is 1.03. The Kier molecular flexibility index (Phi) is 23.3. The van der Waals surface area contributed by atoms with Gasteiger partial charge in [0.2, 0.25) is 0 Å². The number of oxazole rings is 1. The Morgan fingerprint density at radius 2 is 1.13 bits per heavy atom. The van der Waals surface area contributed by atoms with Gasteiger partial charge in [-0.2, -0.15) is 0 Å². The van der Waals surface area contributed by atoms with E-state index in [4.69, 9.17) is 0 Å². The second-order valence-corrected chi connectivity index (χ2v) is 6.68. The van der Waals surface area contributed by atoms with E-state index in [1.807, 2.05) is 35.9 Å². The van der Waals surface area contributed by atoms with Crippen molar-refractivity contribution < 1.29 is 4.42 Å². The average molecular weight is 542 g/mol. The lowest BCUT2D eigenvalue weighted by Crippen LogP contribution is -1.73. The number of allylic oxidation sites excluding steroid dienone is 1. The molecule has 6 aromatic heterocycles. The molecule has 1 aliphatic heterocycles. The molecular weight excluding hydrogens is 514 g/mol. The van der Waals surface area contributed by atoms with E-state index in [9.17, 15) is 0 Å². The lowest BCUT2D eigenvalue weighted by atomic mass is 10.5. The predicted octanol–water partition coefficient (Wildman–Crippen LogP) is 4.70. The Labute approximate surface area is 230 Å². The van der Waals surface area contributed by atoms with Gasteiger partial charge in [0.05, 0.1) is 11.7 Å². The molecule has 12 nitrogen and oxygen atoms in total. The van der Waals surface area contributed by atoms with Crippen LogP contribution in [0, 0.1) is 0 Å². The highest BCUT2D eigenvalue weighted by Crippen LogP contribution is 1.86. The van der Waals surface area contributed by atoms with Crippen LogP contribution in [-0.4, -0.2) is 56.1 Å². The summed E-state index contributed by atoms with van der Waals surface area (Å²) in [6, 6.07) is 7.49. The second-order valence-electron chi connectivity index (χ2n) is 5.92. The van der Waals surface area contributed by atoms with Crippen LogP contribution in [0.15, 0.2) is 157 Å². The Balaban J connectivity index is 0.000000228. The molecule has 7 heterocycles. The third kappa shape index (κ3) is 27.0. The van der Waals surface area contributed by atoms with Gasteiger partial charge in [-0.25, -0.2) is 29.9 Å². The van der Waals surface area contributed by atoms with Crippen LogP contribution in [0.2, 0.25) is 0 Å². The van der Waals surface area contributed by atoms with Gasteiger partial charge >= 0.3 is 0 Å². The molecule has 198 valence electrons. The van der Waals surface area contributed by atoms with E-state index in [-0.39, 0.29) is 0 Å². The summed E-state index contributed by atoms with van der Waals surface area (Å²) >= 11 is 1.60. The molecule has 6 aromatic rings. The van der Waals surface area contributed by atoms with Crippen LogP contribution in [-0.2, 0) is 0 Å². The first-order chi connectivity index (χ1) is 19.5. The fourth-order valence-electron chi connectivity index (χ4n) is 1.68. The van der Waals surface area contributed by atoms with Crippen molar-refractivity contribution >= 4 is 17.6 Å². The summed E-state index contributed by atoms with van der Waals surface area (Å²) in [7, 11) is 0. The number of aliphatic imine (C=N–C) groups is 1. The molecule has 0 bridgehead atoms. The van der Waals surface area contributed by atoms with Crippen LogP contribution in [0.5, 0.6) is 0 Å². The summed E-state index contributed by atoms with van der Waals surface area (Å²) in [4.78, 5) is 40.3. The van der Waals surface area contributed by atoms with Crippen LogP contribution in [0.4, 0.5) is 0 Å². The first-order valence-electron chi connectivity index (χ1n) is 11.1. The first kappa shape index (κ1) is 31.6. The highest BCUT2D eigenvalue weighted by atomic mass is 32.1. The number of hydrogen-bond donors (Lipinski definition) is 0. The van der Waals surface area contributed by atoms with E-state index in [1.54, 1.807) is 91.1 Å². The summed E-state index contributed by atoms with van der Waals surface area (Å²) < 4.78 is 4.47. The first-order valence-corrected chi connectivity index (χ1v) is 12.0. The van der Waals surface area contributed by atoms with Crippen LogP contribution in [0.25, 0.3) is 0 Å². The molecule has 0 aliphatic carbocycles. The van der Waals surface area contributed by atoms with Crippen molar-refractivity contribution in [3.05, 3.63) is 147 Å². The van der Waals surface area contributed by atoms with Gasteiger partial charge in [-0.05, 0) is 18.2 Å². The van der Waals surface area contributed by atoms with Crippen molar-refractivity contribution in [2.75, 3.05) is 0 Å². The molecule has 0 spiro atoms. The molecule has 7 rings (SSSR count). The van der Waals surface area contributed by atoms with Gasteiger partial charge in [0.25, 0.3) is 0 Å². The predicted molar refractivity (Wildman–Crippen MR) is 149 cm³/mol. The lowest BCUT2D eigenvalue weighted by Gasteiger charge is -1.70. The molecule has 0 amide bonds. The molecule has 0 aromatic carbocycles. The summed E-state index contributed by atoms with van der Waals surface area (Å²) in [5, 5.41) is 1.93. The monoisotopic (exact) mass is 541 g/mol. The van der Waals surface area contributed by atoms with Gasteiger partial charge in [0.15, 0.2) is 6.39 Å². The van der Waals surface area contributed by atoms with Crippen LogP contribution >= 0.6 is 11.3 Å². The van der Waals surface area contributed by atoms with Crippen LogP contribution in [0.1, 0.15) is 6.42 Å². The Bertz CT molecular complexity index is 913. The second kappa shape index (κ2) is 28.8. The van der Waals surface area contributed by atoms with E-state index in [1.165, 1.54) is 38.0 Å². The number of hydrogen-bond acceptors (Lipinski definition) is 13. The zero-order chi connectivity index (χ0) is 27.6. The number of aromatic nitrogens is 10. The van der Waals surface area contributed by atoms with Gasteiger partial charge in [0, 0.05) is 80.0 Å². The maximum atomic E-state index is 4.47. The number of thiazole rings is 1. The molecule has 1 aliphatic rings. The van der Waals surface area contributed by atoms with Crippen molar-refractivity contribution in [1.82, 2.24) is 49.8 Å². The molecule has 0 radical (unpaired) electrons. The quantitative estimate of drug-likeness (QED) is 0.263. The molecular formula is C26H27N11OS. The molecule has 0 atom stereocenters. The van der Waals surface area contributed by atoms with Gasteiger partial charge in [-0.3, -0.25) is 24.9 Å². The standard InChI is InChI=1S/C5H5N.2C4H4N2.C4H5N.C3H3N3.C3H3NO.C3H3NS/c1-2-4-6-5-3-1;1-2-6-4-3-5-1;1-2-5-4-6-3-1;1-2-4-5-3-1;1-4-2-6-3-5-1;2*1-2-5-3-4-1/h1-5H;2*1-4H;1,3-4H,2H2;1-3H;2*1-3H. The molecule has 0 N–H and O–H groups in total. The molecule has 39 heavy (non-hydrogen) atoms. The lowest BCUT2D eigenvalue weighted by molar-refractivity contribution is 0.558. The smallest absolute Gasteiger partial charge is 0.180 e. The van der Waals surface area contributed by atoms with Crippen LogP contribution in [0.3, 0.4) is 0 Å². The van der Waals surface area contributed by atoms with E-state index >= 15 is 0 Å². The normalized spacial score (nSPS) is 9.23. The molecule has 0 saturated heterocycles. The number of pyridine rings is 1. The summed E-state index contributed by atoms with van der Waals surface area (Å²) in [5.41, 5.74) is 1.79. The SMILES string of the molecule is C1=CN=CC1.c1ccncc1.c1cnccn1.c1cncnc1.c1cocn1.c1cscn1.c1ncncn1. The zero-order valence-electron chi connectivity index (χ0n) is 20.9. The third-order valence-corrected chi connectivity index (χ3v) is 3.68. The summed E-state index contributed by atoms with van der Waals surface area (Å²) in [6.07, 6.45) is 32.2. The molecule has 0 saturated carbocycles. The topological polar surface area (TPSA) is 154 Å². The summed E-state index contributed by atoms with van der Waals surface area (Å²) in [5.74, 6) is 0. The Morgan fingerprint density at radius 1 is 0.513 bits per heavy atom. The number of rotatable bonds is 0. The van der Waals surface area contributed by atoms with Crippen molar-refractivity contribution in [1.29, 1.82) is 0 Å². The molecule has 0 unspecified atom stereocenters. The Morgan fingerprint density at radius 3 is 1.31 bits per heavy atom. The maximum absolute atomic E-state index is 4.47. The van der Waals surface area contributed by atoms with E-state index in [0.717, 1.165) is 6.42 Å². The fourth-order valence-corrected chi connectivity index (χ4v) is 2.03. The average Bonchev–Trinajstić information content (AvgIpc) is 3.89. The van der Waals surface area contributed by atoms with Crippen molar-refractivity contribution in [3.63, 3.8) is 0 Å². The van der Waals surface area contributed by atoms with Gasteiger partial charge < -0.3 is 4.42 Å². The Hall–Kier alpha value is -5.43. The largest absolute Gasteiger partial charge is 0.452 e. The fraction of sp³-hybridized carbons (Fsp3) is 0.0385. The maximum Gasteiger partial charge on any atom is 0.180 e. The zero-order valence-corrected chi connectivity index (χ0v) is 21.7. The molecule has 0 fully saturated rings. The van der Waals surface area contributed by atoms with Gasteiger partial charge in [-0.15, -0.1) is 11.3 Å². The van der Waals surface area contributed by atoms with E-state index < -0.39 is 0 Å². The van der Waals surface area contributed by atoms with Crippen molar-refractivity contribution in [3.8, 4) is 0 Å². The van der Waals surface area contributed by atoms with Crippen molar-refractivity contribution in [2.45, 2.75) is 6.42 Å². The minimum Gasteiger partial charge on any atom is -0.452 e. The summed E-state index contributed by atoms with van der Waals surface area (Å²) in [6.45, 7) is 0. The molecule has 13 heteroatoms. The third-order valence-electron chi connectivity index (χ3n) is 3.15. The van der Waals surface area contributed by atoms with Crippen molar-refractivity contribution in [2.24, 2.45) is 4.99 Å². The van der Waals surface area contributed by atoms with E-state index in [0.29, 0.717) is 0 Å². The van der Waals surface area contributed by atoms with Gasteiger partial charge in [-0.1, -0.05) is 12.1 Å². The van der Waals surface area contributed by atoms with Gasteiger partial charge in [0.1, 0.15) is 31.6 Å². The van der Waals surface area contributed by atoms with E-state index in [2.05, 4.69) is 59.2 Å². The number of nitrogens with zero attached hydrogens (tertiary/aromatic N) is 11.